The summed E-state index contributed by atoms with van der Waals surface area (Å²) in [6, 6.07) is 2.26. The van der Waals surface area contributed by atoms with Gasteiger partial charge in [-0.1, -0.05) is 6.92 Å². The summed E-state index contributed by atoms with van der Waals surface area (Å²) in [6.45, 7) is 2.96. The molecule has 0 bridgehead atoms. The summed E-state index contributed by atoms with van der Waals surface area (Å²) in [6.07, 6.45) is 5.18. The van der Waals surface area contributed by atoms with Crippen LogP contribution in [0.2, 0.25) is 0 Å². The maximum atomic E-state index is 12.6. The van der Waals surface area contributed by atoms with Crippen molar-refractivity contribution in [2.75, 3.05) is 24.7 Å². The minimum atomic E-state index is -3.19. The lowest BCUT2D eigenvalue weighted by Gasteiger charge is -2.29. The topological polar surface area (TPSA) is 90.3 Å². The van der Waals surface area contributed by atoms with Gasteiger partial charge in [-0.25, -0.2) is 12.7 Å². The van der Waals surface area contributed by atoms with Crippen LogP contribution in [0.25, 0.3) is 0 Å². The van der Waals surface area contributed by atoms with Crippen LogP contribution in [0.3, 0.4) is 0 Å². The lowest BCUT2D eigenvalue weighted by Crippen LogP contribution is -2.40. The third kappa shape index (κ3) is 3.89. The third-order valence-corrected chi connectivity index (χ3v) is 7.63. The van der Waals surface area contributed by atoms with E-state index < -0.39 is 10.0 Å². The van der Waals surface area contributed by atoms with Crippen molar-refractivity contribution in [3.05, 3.63) is 16.0 Å². The first-order valence-corrected chi connectivity index (χ1v) is 11.3. The molecule has 1 atom stereocenters. The molecular formula is C17H23N3O3S2. The van der Waals surface area contributed by atoms with E-state index in [9.17, 15) is 18.5 Å². The van der Waals surface area contributed by atoms with Gasteiger partial charge in [0.05, 0.1) is 11.8 Å². The molecule has 136 valence electrons. The predicted molar refractivity (Wildman–Crippen MR) is 98.0 cm³/mol. The number of hydrogen-bond donors (Lipinski definition) is 1. The number of nitrogens with one attached hydrogen (secondary N) is 1. The van der Waals surface area contributed by atoms with Gasteiger partial charge in [-0.15, -0.1) is 11.3 Å². The van der Waals surface area contributed by atoms with Gasteiger partial charge in [0.2, 0.25) is 15.9 Å². The maximum absolute atomic E-state index is 12.6. The average Bonchev–Trinajstić information content (AvgIpc) is 2.90. The molecule has 1 amide bonds. The summed E-state index contributed by atoms with van der Waals surface area (Å²) in [4.78, 5) is 13.8. The van der Waals surface area contributed by atoms with Crippen molar-refractivity contribution >= 4 is 32.3 Å². The van der Waals surface area contributed by atoms with E-state index in [-0.39, 0.29) is 11.8 Å². The highest BCUT2D eigenvalue weighted by molar-refractivity contribution is 7.88. The van der Waals surface area contributed by atoms with Crippen molar-refractivity contribution in [3.63, 3.8) is 0 Å². The SMILES string of the molecule is CC1CCc2c(sc(NC(=O)C3CCN(S(C)(=O)=O)CC3)c2C#N)C1. The quantitative estimate of drug-likeness (QED) is 0.870. The number of sulfonamides is 1. The molecule has 0 saturated carbocycles. The van der Waals surface area contributed by atoms with Gasteiger partial charge in [0.25, 0.3) is 0 Å². The molecule has 1 fully saturated rings. The minimum absolute atomic E-state index is 0.101. The first kappa shape index (κ1) is 18.4. The highest BCUT2D eigenvalue weighted by Gasteiger charge is 2.30. The fourth-order valence-electron chi connectivity index (χ4n) is 3.62. The van der Waals surface area contributed by atoms with Crippen LogP contribution in [0.5, 0.6) is 0 Å². The first-order valence-electron chi connectivity index (χ1n) is 8.60. The number of amides is 1. The Bertz CT molecular complexity index is 815. The number of nitriles is 1. The van der Waals surface area contributed by atoms with Gasteiger partial charge >= 0.3 is 0 Å². The molecular weight excluding hydrogens is 358 g/mol. The van der Waals surface area contributed by atoms with E-state index in [1.165, 1.54) is 26.8 Å². The van der Waals surface area contributed by atoms with Crippen molar-refractivity contribution < 1.29 is 13.2 Å². The van der Waals surface area contributed by atoms with Crippen molar-refractivity contribution in [2.45, 2.75) is 39.0 Å². The molecule has 0 aromatic carbocycles. The Labute approximate surface area is 152 Å². The molecule has 2 heterocycles. The van der Waals surface area contributed by atoms with Crippen molar-refractivity contribution in [2.24, 2.45) is 11.8 Å². The number of rotatable bonds is 3. The molecule has 1 unspecified atom stereocenters. The molecule has 25 heavy (non-hydrogen) atoms. The Kier molecular flexibility index (Phi) is 5.19. The standard InChI is InChI=1S/C17H23N3O3S2/c1-11-3-4-13-14(10-18)17(24-15(13)9-11)19-16(21)12-5-7-20(8-6-12)25(2,22)23/h11-12H,3-9H2,1-2H3,(H,19,21). The first-order chi connectivity index (χ1) is 11.8. The number of piperidine rings is 1. The smallest absolute Gasteiger partial charge is 0.228 e. The van der Waals surface area contributed by atoms with E-state index in [4.69, 9.17) is 0 Å². The lowest BCUT2D eigenvalue weighted by molar-refractivity contribution is -0.120. The van der Waals surface area contributed by atoms with Gasteiger partial charge in [0.15, 0.2) is 0 Å². The van der Waals surface area contributed by atoms with Gasteiger partial charge in [0.1, 0.15) is 11.1 Å². The van der Waals surface area contributed by atoms with Gasteiger partial charge in [-0.05, 0) is 43.6 Å². The molecule has 3 rings (SSSR count). The zero-order chi connectivity index (χ0) is 18.2. The van der Waals surface area contributed by atoms with Crippen LogP contribution in [0.1, 0.15) is 42.2 Å². The molecule has 6 nitrogen and oxygen atoms in total. The lowest BCUT2D eigenvalue weighted by atomic mass is 9.88. The fourth-order valence-corrected chi connectivity index (χ4v) is 5.86. The van der Waals surface area contributed by atoms with Gasteiger partial charge in [0, 0.05) is 23.9 Å². The number of thiophene rings is 1. The van der Waals surface area contributed by atoms with Crippen molar-refractivity contribution in [3.8, 4) is 6.07 Å². The second-order valence-electron chi connectivity index (χ2n) is 7.09. The summed E-state index contributed by atoms with van der Waals surface area (Å²) in [5.41, 5.74) is 1.72. The van der Waals surface area contributed by atoms with E-state index >= 15 is 0 Å². The van der Waals surface area contributed by atoms with Gasteiger partial charge < -0.3 is 5.32 Å². The van der Waals surface area contributed by atoms with Gasteiger partial charge in [-0.2, -0.15) is 5.26 Å². The molecule has 8 heteroatoms. The minimum Gasteiger partial charge on any atom is -0.316 e. The number of carbonyl (C=O) groups excluding carboxylic acids is 1. The van der Waals surface area contributed by atoms with Crippen LogP contribution >= 0.6 is 11.3 Å². The number of nitrogens with zero attached hydrogens (tertiary/aromatic N) is 2. The molecule has 1 aliphatic heterocycles. The molecule has 1 N–H and O–H groups in total. The van der Waals surface area contributed by atoms with Crippen LogP contribution in [-0.2, 0) is 27.7 Å². The molecule has 1 aliphatic carbocycles. The molecule has 1 aromatic heterocycles. The second kappa shape index (κ2) is 7.06. The monoisotopic (exact) mass is 381 g/mol. The fraction of sp³-hybridized carbons (Fsp3) is 0.647. The summed E-state index contributed by atoms with van der Waals surface area (Å²) in [5.74, 6) is 0.306. The maximum Gasteiger partial charge on any atom is 0.228 e. The van der Waals surface area contributed by atoms with Crippen LogP contribution in [0.15, 0.2) is 0 Å². The van der Waals surface area contributed by atoms with Crippen LogP contribution < -0.4 is 5.32 Å². The Morgan fingerprint density at radius 1 is 1.32 bits per heavy atom. The largest absolute Gasteiger partial charge is 0.316 e. The van der Waals surface area contributed by atoms with Crippen molar-refractivity contribution in [1.29, 1.82) is 5.26 Å². The predicted octanol–water partition coefficient (Wildman–Crippen LogP) is 2.35. The van der Waals surface area contributed by atoms with E-state index in [2.05, 4.69) is 18.3 Å². The van der Waals surface area contributed by atoms with Crippen LogP contribution in [0.4, 0.5) is 5.00 Å². The van der Waals surface area contributed by atoms with E-state index in [1.54, 1.807) is 0 Å². The Morgan fingerprint density at radius 3 is 2.60 bits per heavy atom. The highest BCUT2D eigenvalue weighted by Crippen LogP contribution is 2.39. The number of fused-ring (bicyclic) bond motifs is 1. The third-order valence-electron chi connectivity index (χ3n) is 5.15. The Hall–Kier alpha value is -1.43. The van der Waals surface area contributed by atoms with E-state index in [0.717, 1.165) is 24.8 Å². The molecule has 1 aromatic rings. The summed E-state index contributed by atoms with van der Waals surface area (Å²) in [5, 5.41) is 13.1. The zero-order valence-corrected chi connectivity index (χ0v) is 16.2. The summed E-state index contributed by atoms with van der Waals surface area (Å²) in [7, 11) is -3.19. The van der Waals surface area contributed by atoms with Crippen molar-refractivity contribution in [1.82, 2.24) is 4.31 Å². The Morgan fingerprint density at radius 2 is 2.00 bits per heavy atom. The van der Waals surface area contributed by atoms with E-state index in [1.807, 2.05) is 0 Å². The summed E-state index contributed by atoms with van der Waals surface area (Å²) < 4.78 is 24.6. The average molecular weight is 382 g/mol. The number of carbonyl (C=O) groups is 1. The number of anilines is 1. The molecule has 2 aliphatic rings. The zero-order valence-electron chi connectivity index (χ0n) is 14.5. The molecule has 1 saturated heterocycles. The van der Waals surface area contributed by atoms with Gasteiger partial charge in [-0.3, -0.25) is 4.79 Å². The number of hydrogen-bond acceptors (Lipinski definition) is 5. The van der Waals surface area contributed by atoms with Crippen LogP contribution in [0, 0.1) is 23.2 Å². The van der Waals surface area contributed by atoms with E-state index in [0.29, 0.717) is 42.4 Å². The summed E-state index contributed by atoms with van der Waals surface area (Å²) >= 11 is 1.53. The Balaban J connectivity index is 1.69. The highest BCUT2D eigenvalue weighted by atomic mass is 32.2. The second-order valence-corrected chi connectivity index (χ2v) is 10.2. The normalized spacial score (nSPS) is 22.2. The molecule has 0 spiro atoms. The molecule has 0 radical (unpaired) electrons. The van der Waals surface area contributed by atoms with Crippen LogP contribution in [-0.4, -0.2) is 38.0 Å².